The molecular weight excluding hydrogens is 340 g/mol. The Morgan fingerprint density at radius 2 is 2.16 bits per heavy atom. The first kappa shape index (κ1) is 19.7. The van der Waals surface area contributed by atoms with Crippen LogP contribution in [0.1, 0.15) is 67.7 Å². The van der Waals surface area contributed by atoms with E-state index < -0.39 is 5.54 Å². The van der Waals surface area contributed by atoms with Crippen LogP contribution >= 0.6 is 12.4 Å². The van der Waals surface area contributed by atoms with Crippen LogP contribution in [0.3, 0.4) is 0 Å². The third-order valence-electron chi connectivity index (χ3n) is 4.60. The monoisotopic (exact) mass is 366 g/mol. The van der Waals surface area contributed by atoms with E-state index in [1.807, 2.05) is 19.9 Å². The Morgan fingerprint density at radius 1 is 1.48 bits per heavy atom. The molecule has 7 heteroatoms. The van der Waals surface area contributed by atoms with Crippen molar-refractivity contribution in [3.63, 3.8) is 0 Å². The first-order valence-electron chi connectivity index (χ1n) is 8.62. The van der Waals surface area contributed by atoms with Gasteiger partial charge in [0.2, 0.25) is 0 Å². The fraction of sp³-hybridized carbons (Fsp3) is 0.611. The first-order valence-corrected chi connectivity index (χ1v) is 8.62. The normalized spacial score (nSPS) is 16.6. The minimum atomic E-state index is -0.439. The smallest absolute Gasteiger partial charge is 0.259 e. The van der Waals surface area contributed by atoms with E-state index in [0.29, 0.717) is 40.7 Å². The zero-order chi connectivity index (χ0) is 17.5. The van der Waals surface area contributed by atoms with E-state index in [1.54, 1.807) is 0 Å². The Kier molecular flexibility index (Phi) is 5.74. The van der Waals surface area contributed by atoms with E-state index in [2.05, 4.69) is 29.3 Å². The van der Waals surface area contributed by atoms with Crippen LogP contribution in [-0.2, 0) is 0 Å². The Morgan fingerprint density at radius 3 is 2.72 bits per heavy atom. The van der Waals surface area contributed by atoms with Gasteiger partial charge in [-0.05, 0) is 45.1 Å². The van der Waals surface area contributed by atoms with Crippen LogP contribution < -0.4 is 11.1 Å². The summed E-state index contributed by atoms with van der Waals surface area (Å²) in [6.07, 6.45) is 3.04. The maximum absolute atomic E-state index is 13.0. The number of fused-ring (bicyclic) bond motifs is 1. The lowest BCUT2D eigenvalue weighted by Crippen LogP contribution is -2.52. The standard InChI is InChI=1S/C18H26N4O2.ClH/c1-10(2)8-18(4,9-19)21-16(23)13-7-14(12-5-6-12)20-17-15(13)11(3)22-24-17;/h7,10,12H,5-6,8-9,19H2,1-4H3,(H,21,23);1H. The molecule has 1 atom stereocenters. The van der Waals surface area contributed by atoms with Crippen molar-refractivity contribution >= 4 is 29.4 Å². The molecule has 2 aromatic rings. The van der Waals surface area contributed by atoms with Gasteiger partial charge in [0, 0.05) is 23.7 Å². The van der Waals surface area contributed by atoms with Gasteiger partial charge in [-0.15, -0.1) is 12.4 Å². The predicted molar refractivity (Wildman–Crippen MR) is 100 cm³/mol. The number of amides is 1. The molecule has 2 aromatic heterocycles. The molecule has 1 fully saturated rings. The van der Waals surface area contributed by atoms with E-state index in [9.17, 15) is 4.79 Å². The van der Waals surface area contributed by atoms with Crippen LogP contribution in [0.2, 0.25) is 0 Å². The number of hydrogen-bond acceptors (Lipinski definition) is 5. The van der Waals surface area contributed by atoms with Crippen molar-refractivity contribution < 1.29 is 9.32 Å². The lowest BCUT2D eigenvalue weighted by molar-refractivity contribution is 0.0899. The maximum atomic E-state index is 13.0. The van der Waals surface area contributed by atoms with E-state index in [1.165, 1.54) is 0 Å². The maximum Gasteiger partial charge on any atom is 0.259 e. The largest absolute Gasteiger partial charge is 0.346 e. The summed E-state index contributed by atoms with van der Waals surface area (Å²) in [5.41, 5.74) is 8.13. The zero-order valence-corrected chi connectivity index (χ0v) is 16.1. The van der Waals surface area contributed by atoms with E-state index in [-0.39, 0.29) is 18.3 Å². The summed E-state index contributed by atoms with van der Waals surface area (Å²) in [5.74, 6) is 0.739. The Labute approximate surface area is 154 Å². The molecule has 3 N–H and O–H groups in total. The molecule has 3 rings (SSSR count). The SMILES string of the molecule is Cc1noc2nc(C3CC3)cc(C(=O)NC(C)(CN)CC(C)C)c12.Cl. The molecule has 1 unspecified atom stereocenters. The van der Waals surface area contributed by atoms with Gasteiger partial charge < -0.3 is 15.6 Å². The van der Waals surface area contributed by atoms with E-state index in [4.69, 9.17) is 10.3 Å². The van der Waals surface area contributed by atoms with Gasteiger partial charge in [0.1, 0.15) is 0 Å². The van der Waals surface area contributed by atoms with Crippen molar-refractivity contribution in [1.29, 1.82) is 0 Å². The van der Waals surface area contributed by atoms with Gasteiger partial charge in [0.05, 0.1) is 16.6 Å². The quantitative estimate of drug-likeness (QED) is 0.817. The minimum absolute atomic E-state index is 0. The number of nitrogens with zero attached hydrogens (tertiary/aromatic N) is 2. The molecule has 0 aliphatic heterocycles. The topological polar surface area (TPSA) is 94.0 Å². The summed E-state index contributed by atoms with van der Waals surface area (Å²) >= 11 is 0. The molecule has 1 aliphatic carbocycles. The Bertz CT molecular complexity index is 770. The number of pyridine rings is 1. The second-order valence-corrected chi connectivity index (χ2v) is 7.63. The summed E-state index contributed by atoms with van der Waals surface area (Å²) in [5, 5.41) is 7.80. The molecule has 0 radical (unpaired) electrons. The Balaban J connectivity index is 0.00000225. The Hall–Kier alpha value is -1.66. The number of hydrogen-bond donors (Lipinski definition) is 2. The molecule has 1 saturated carbocycles. The lowest BCUT2D eigenvalue weighted by Gasteiger charge is -2.31. The highest BCUT2D eigenvalue weighted by atomic mass is 35.5. The number of halogens is 1. The molecule has 2 heterocycles. The molecule has 6 nitrogen and oxygen atoms in total. The predicted octanol–water partition coefficient (Wildman–Crippen LogP) is 3.32. The fourth-order valence-electron chi connectivity index (χ4n) is 3.31. The zero-order valence-electron chi connectivity index (χ0n) is 15.3. The van der Waals surface area contributed by atoms with Crippen LogP contribution in [0, 0.1) is 12.8 Å². The summed E-state index contributed by atoms with van der Waals surface area (Å²) < 4.78 is 5.31. The highest BCUT2D eigenvalue weighted by Crippen LogP contribution is 2.40. The molecule has 25 heavy (non-hydrogen) atoms. The molecule has 1 amide bonds. The number of nitrogens with one attached hydrogen (secondary N) is 1. The molecular formula is C18H27ClN4O2. The van der Waals surface area contributed by atoms with Crippen molar-refractivity contribution in [2.75, 3.05) is 6.54 Å². The van der Waals surface area contributed by atoms with Crippen LogP contribution in [0.15, 0.2) is 10.6 Å². The number of aromatic nitrogens is 2. The van der Waals surface area contributed by atoms with Crippen molar-refractivity contribution in [3.8, 4) is 0 Å². The van der Waals surface area contributed by atoms with Gasteiger partial charge in [-0.2, -0.15) is 0 Å². The van der Waals surface area contributed by atoms with Crippen molar-refractivity contribution in [3.05, 3.63) is 23.0 Å². The van der Waals surface area contributed by atoms with Crippen LogP contribution in [0.4, 0.5) is 0 Å². The summed E-state index contributed by atoms with van der Waals surface area (Å²) in [6, 6.07) is 1.89. The highest BCUT2D eigenvalue weighted by Gasteiger charge is 2.31. The van der Waals surface area contributed by atoms with Crippen LogP contribution in [0.5, 0.6) is 0 Å². The van der Waals surface area contributed by atoms with E-state index in [0.717, 1.165) is 25.0 Å². The number of carbonyl (C=O) groups excluding carboxylic acids is 1. The second kappa shape index (κ2) is 7.30. The molecule has 0 aromatic carbocycles. The van der Waals surface area contributed by atoms with Crippen molar-refractivity contribution in [2.24, 2.45) is 11.7 Å². The van der Waals surface area contributed by atoms with E-state index >= 15 is 0 Å². The van der Waals surface area contributed by atoms with Crippen LogP contribution in [0.25, 0.3) is 11.1 Å². The fourth-order valence-corrected chi connectivity index (χ4v) is 3.31. The van der Waals surface area contributed by atoms with Crippen molar-refractivity contribution in [1.82, 2.24) is 15.5 Å². The second-order valence-electron chi connectivity index (χ2n) is 7.63. The summed E-state index contributed by atoms with van der Waals surface area (Å²) in [7, 11) is 0. The van der Waals surface area contributed by atoms with Gasteiger partial charge >= 0.3 is 0 Å². The highest BCUT2D eigenvalue weighted by molar-refractivity contribution is 6.06. The lowest BCUT2D eigenvalue weighted by atomic mass is 9.90. The number of nitrogens with two attached hydrogens (primary N) is 1. The first-order chi connectivity index (χ1) is 11.3. The van der Waals surface area contributed by atoms with Crippen LogP contribution in [-0.4, -0.2) is 28.1 Å². The number of carbonyl (C=O) groups is 1. The molecule has 138 valence electrons. The van der Waals surface area contributed by atoms with Gasteiger partial charge in [0.15, 0.2) is 0 Å². The average molecular weight is 367 g/mol. The molecule has 0 spiro atoms. The minimum Gasteiger partial charge on any atom is -0.346 e. The number of rotatable bonds is 6. The summed E-state index contributed by atoms with van der Waals surface area (Å²) in [4.78, 5) is 17.5. The van der Waals surface area contributed by atoms with Gasteiger partial charge in [-0.25, -0.2) is 4.98 Å². The molecule has 0 bridgehead atoms. The molecule has 0 saturated heterocycles. The van der Waals surface area contributed by atoms with Gasteiger partial charge in [-0.3, -0.25) is 4.79 Å². The third kappa shape index (κ3) is 4.12. The van der Waals surface area contributed by atoms with Crippen molar-refractivity contribution in [2.45, 2.75) is 58.4 Å². The average Bonchev–Trinajstić information content (AvgIpc) is 3.30. The van der Waals surface area contributed by atoms with Gasteiger partial charge in [0.25, 0.3) is 11.6 Å². The molecule has 1 aliphatic rings. The van der Waals surface area contributed by atoms with Gasteiger partial charge in [-0.1, -0.05) is 19.0 Å². The number of aryl methyl sites for hydroxylation is 1. The summed E-state index contributed by atoms with van der Waals surface area (Å²) in [6.45, 7) is 8.46. The third-order valence-corrected chi connectivity index (χ3v) is 4.60.